The van der Waals surface area contributed by atoms with Crippen molar-refractivity contribution in [2.45, 2.75) is 52.1 Å². The van der Waals surface area contributed by atoms with Crippen LogP contribution in [0.25, 0.3) is 0 Å². The first kappa shape index (κ1) is 15.5. The average molecular weight is 345 g/mol. The molecule has 0 aromatic carbocycles. The van der Waals surface area contributed by atoms with Crippen molar-refractivity contribution in [3.63, 3.8) is 0 Å². The second kappa shape index (κ2) is 6.25. The summed E-state index contributed by atoms with van der Waals surface area (Å²) >= 11 is 5.40. The molecule has 108 valence electrons. The molecule has 0 saturated carbocycles. The summed E-state index contributed by atoms with van der Waals surface area (Å²) in [4.78, 5) is 4.01. The van der Waals surface area contributed by atoms with E-state index in [0.29, 0.717) is 11.5 Å². The van der Waals surface area contributed by atoms with Gasteiger partial charge in [-0.1, -0.05) is 20.8 Å². The summed E-state index contributed by atoms with van der Waals surface area (Å²) < 4.78 is 1.18. The summed E-state index contributed by atoms with van der Waals surface area (Å²) in [5, 5.41) is 2.17. The van der Waals surface area contributed by atoms with E-state index in [-0.39, 0.29) is 6.04 Å². The van der Waals surface area contributed by atoms with Crippen LogP contribution in [0.3, 0.4) is 0 Å². The van der Waals surface area contributed by atoms with Crippen LogP contribution in [0.2, 0.25) is 0 Å². The van der Waals surface area contributed by atoms with Crippen LogP contribution in [0.4, 0.5) is 0 Å². The summed E-state index contributed by atoms with van der Waals surface area (Å²) in [5.41, 5.74) is 6.84. The Balaban J connectivity index is 2.22. The van der Waals surface area contributed by atoms with E-state index in [9.17, 15) is 0 Å². The number of hydrogen-bond acceptors (Lipinski definition) is 3. The second-order valence-electron chi connectivity index (χ2n) is 6.42. The van der Waals surface area contributed by atoms with E-state index in [0.717, 1.165) is 13.0 Å². The Morgan fingerprint density at radius 2 is 2.26 bits per heavy atom. The van der Waals surface area contributed by atoms with Gasteiger partial charge in [-0.25, -0.2) is 0 Å². The number of piperidine rings is 1. The molecule has 2 atom stereocenters. The monoisotopic (exact) mass is 344 g/mol. The molecule has 2 unspecified atom stereocenters. The predicted octanol–water partition coefficient (Wildman–Crippen LogP) is 4.41. The summed E-state index contributed by atoms with van der Waals surface area (Å²) in [6, 6.07) is 2.84. The van der Waals surface area contributed by atoms with E-state index < -0.39 is 0 Å². The van der Waals surface area contributed by atoms with Crippen LogP contribution in [0.15, 0.2) is 15.9 Å². The predicted molar refractivity (Wildman–Crippen MR) is 87.6 cm³/mol. The largest absolute Gasteiger partial charge is 0.326 e. The lowest BCUT2D eigenvalue weighted by atomic mass is 9.83. The molecule has 1 aliphatic rings. The maximum Gasteiger partial charge on any atom is 0.0593 e. The molecule has 2 nitrogen and oxygen atoms in total. The van der Waals surface area contributed by atoms with Gasteiger partial charge in [0.25, 0.3) is 0 Å². The van der Waals surface area contributed by atoms with Crippen molar-refractivity contribution < 1.29 is 0 Å². The lowest BCUT2D eigenvalue weighted by molar-refractivity contribution is 0.0671. The van der Waals surface area contributed by atoms with Gasteiger partial charge in [-0.05, 0) is 53.2 Å². The summed E-state index contributed by atoms with van der Waals surface area (Å²) in [5.74, 6) is 0. The molecule has 2 heterocycles. The minimum Gasteiger partial charge on any atom is -0.326 e. The van der Waals surface area contributed by atoms with Gasteiger partial charge in [-0.2, -0.15) is 0 Å². The minimum atomic E-state index is 0.222. The van der Waals surface area contributed by atoms with Gasteiger partial charge >= 0.3 is 0 Å². The maximum absolute atomic E-state index is 6.43. The number of thiophene rings is 1. The van der Waals surface area contributed by atoms with Crippen molar-refractivity contribution in [2.75, 3.05) is 13.1 Å². The smallest absolute Gasteiger partial charge is 0.0593 e. The highest BCUT2D eigenvalue weighted by Crippen LogP contribution is 2.37. The van der Waals surface area contributed by atoms with E-state index in [4.69, 9.17) is 5.73 Å². The van der Waals surface area contributed by atoms with Crippen molar-refractivity contribution in [3.05, 3.63) is 20.8 Å². The lowest BCUT2D eigenvalue weighted by Crippen LogP contribution is -2.47. The fourth-order valence-electron chi connectivity index (χ4n) is 3.07. The maximum atomic E-state index is 6.43. The third-order valence-electron chi connectivity index (χ3n) is 4.08. The Kier molecular flexibility index (Phi) is 5.09. The molecule has 0 radical (unpaired) electrons. The van der Waals surface area contributed by atoms with Gasteiger partial charge in [0.05, 0.1) is 6.04 Å². The summed E-state index contributed by atoms with van der Waals surface area (Å²) in [6.07, 6.45) is 3.63. The topological polar surface area (TPSA) is 29.3 Å². The van der Waals surface area contributed by atoms with Crippen molar-refractivity contribution >= 4 is 27.3 Å². The molecule has 0 spiro atoms. The van der Waals surface area contributed by atoms with Gasteiger partial charge in [0.2, 0.25) is 0 Å². The molecule has 2 N–H and O–H groups in total. The van der Waals surface area contributed by atoms with Crippen molar-refractivity contribution in [3.8, 4) is 0 Å². The SMILES string of the molecule is CCC(N)C(c1cc(Br)cs1)N1CCCC(C)(C)C1. The first-order valence-corrected chi connectivity index (χ1v) is 8.84. The molecule has 1 fully saturated rings. The van der Waals surface area contributed by atoms with E-state index in [2.05, 4.69) is 53.0 Å². The molecule has 1 aromatic heterocycles. The van der Waals surface area contributed by atoms with Crippen LogP contribution in [0.5, 0.6) is 0 Å². The first-order valence-electron chi connectivity index (χ1n) is 7.16. The Hall–Kier alpha value is 0.1000. The van der Waals surface area contributed by atoms with Gasteiger partial charge in [0.15, 0.2) is 0 Å². The average Bonchev–Trinajstić information content (AvgIpc) is 2.74. The van der Waals surface area contributed by atoms with Crippen LogP contribution in [0, 0.1) is 5.41 Å². The minimum absolute atomic E-state index is 0.222. The molecular formula is C15H25BrN2S. The molecule has 1 saturated heterocycles. The number of nitrogens with two attached hydrogens (primary N) is 1. The van der Waals surface area contributed by atoms with Crippen molar-refractivity contribution in [2.24, 2.45) is 11.1 Å². The molecule has 2 rings (SSSR count). The highest BCUT2D eigenvalue weighted by atomic mass is 79.9. The summed E-state index contributed by atoms with van der Waals surface area (Å²) in [6.45, 7) is 9.27. The Morgan fingerprint density at radius 3 is 2.79 bits per heavy atom. The third kappa shape index (κ3) is 3.81. The van der Waals surface area contributed by atoms with Crippen LogP contribution in [-0.4, -0.2) is 24.0 Å². The number of hydrogen-bond donors (Lipinski definition) is 1. The molecule has 19 heavy (non-hydrogen) atoms. The molecule has 1 aliphatic heterocycles. The normalized spacial score (nSPS) is 23.2. The summed E-state index contributed by atoms with van der Waals surface area (Å²) in [7, 11) is 0. The van der Waals surface area contributed by atoms with E-state index in [1.807, 2.05) is 11.3 Å². The highest BCUT2D eigenvalue weighted by Gasteiger charge is 2.34. The number of nitrogens with zero attached hydrogens (tertiary/aromatic N) is 1. The van der Waals surface area contributed by atoms with Gasteiger partial charge in [0.1, 0.15) is 0 Å². The van der Waals surface area contributed by atoms with Crippen molar-refractivity contribution in [1.29, 1.82) is 0 Å². The fourth-order valence-corrected chi connectivity index (χ4v) is 4.73. The lowest BCUT2D eigenvalue weighted by Gasteiger charge is -2.43. The van der Waals surface area contributed by atoms with Gasteiger partial charge in [-0.15, -0.1) is 11.3 Å². The zero-order valence-electron chi connectivity index (χ0n) is 12.2. The van der Waals surface area contributed by atoms with Crippen molar-refractivity contribution in [1.82, 2.24) is 4.90 Å². The molecule has 0 aliphatic carbocycles. The van der Waals surface area contributed by atoms with Crippen LogP contribution < -0.4 is 5.73 Å². The first-order chi connectivity index (χ1) is 8.93. The van der Waals surface area contributed by atoms with E-state index in [1.165, 1.54) is 28.7 Å². The molecule has 4 heteroatoms. The molecule has 0 amide bonds. The quantitative estimate of drug-likeness (QED) is 0.876. The van der Waals surface area contributed by atoms with Gasteiger partial charge in [-0.3, -0.25) is 4.90 Å². The Bertz CT molecular complexity index is 416. The van der Waals surface area contributed by atoms with Crippen LogP contribution in [-0.2, 0) is 0 Å². The molecule has 1 aromatic rings. The Labute approximate surface area is 129 Å². The highest BCUT2D eigenvalue weighted by molar-refractivity contribution is 9.10. The zero-order chi connectivity index (χ0) is 14.0. The molecule has 0 bridgehead atoms. The zero-order valence-corrected chi connectivity index (χ0v) is 14.6. The molecular weight excluding hydrogens is 320 g/mol. The van der Waals surface area contributed by atoms with E-state index >= 15 is 0 Å². The number of halogens is 1. The van der Waals surface area contributed by atoms with Gasteiger partial charge < -0.3 is 5.73 Å². The van der Waals surface area contributed by atoms with Gasteiger partial charge in [0, 0.05) is 27.3 Å². The number of rotatable bonds is 4. The third-order valence-corrected chi connectivity index (χ3v) is 5.84. The number of likely N-dealkylation sites (tertiary alicyclic amines) is 1. The Morgan fingerprint density at radius 1 is 1.53 bits per heavy atom. The van der Waals surface area contributed by atoms with E-state index in [1.54, 1.807) is 0 Å². The van der Waals surface area contributed by atoms with Crippen LogP contribution >= 0.6 is 27.3 Å². The fraction of sp³-hybridized carbons (Fsp3) is 0.733. The second-order valence-corrected chi connectivity index (χ2v) is 8.28. The van der Waals surface area contributed by atoms with Crippen LogP contribution in [0.1, 0.15) is 51.0 Å². The standard InChI is InChI=1S/C15H25BrN2S/c1-4-12(17)14(13-8-11(16)9-19-13)18-7-5-6-15(2,3)10-18/h8-9,12,14H,4-7,10,17H2,1-3H3.